The molecule has 62 heavy (non-hydrogen) atoms. The Balaban J connectivity index is 1.22. The fourth-order valence-corrected chi connectivity index (χ4v) is 24.9. The van der Waals surface area contributed by atoms with Crippen LogP contribution in [0.5, 0.6) is 0 Å². The van der Waals surface area contributed by atoms with E-state index in [0.29, 0.717) is 7.25 Å². The van der Waals surface area contributed by atoms with E-state index in [-0.39, 0.29) is 0 Å². The number of allylic oxidation sites excluding steroid dienone is 2. The average molecular weight is 891 g/mol. The van der Waals surface area contributed by atoms with Crippen molar-refractivity contribution in [3.8, 4) is 33.4 Å². The van der Waals surface area contributed by atoms with Gasteiger partial charge in [0.25, 0.3) is 0 Å². The zero-order valence-corrected chi connectivity index (χ0v) is 40.5. The maximum absolute atomic E-state index is 3.15. The summed E-state index contributed by atoms with van der Waals surface area (Å²) in [4.78, 5) is 0. The van der Waals surface area contributed by atoms with Crippen LogP contribution >= 0.6 is 0 Å². The average Bonchev–Trinajstić information content (AvgIpc) is 4.01. The van der Waals surface area contributed by atoms with Crippen LogP contribution in [-0.4, -0.2) is 9.52 Å². The van der Waals surface area contributed by atoms with Crippen LogP contribution in [0.4, 0.5) is 0 Å². The summed E-state index contributed by atoms with van der Waals surface area (Å²) in [5.74, 6) is 0. The Kier molecular flexibility index (Phi) is 9.87. The molecule has 8 aromatic rings. The molecule has 11 rings (SSSR count). The molecule has 0 amide bonds. The van der Waals surface area contributed by atoms with Gasteiger partial charge in [-0.3, -0.25) is 0 Å². The van der Waals surface area contributed by atoms with E-state index in [0.717, 1.165) is 0 Å². The predicted octanol–water partition coefficient (Wildman–Crippen LogP) is 12.8. The first-order valence-corrected chi connectivity index (χ1v) is 27.8. The molecule has 0 fully saturated rings. The van der Waals surface area contributed by atoms with Gasteiger partial charge < -0.3 is 0 Å². The Morgan fingerprint density at radius 2 is 0.823 bits per heavy atom. The molecule has 0 saturated heterocycles. The molecule has 0 radical (unpaired) electrons. The van der Waals surface area contributed by atoms with E-state index in [4.69, 9.17) is 0 Å². The molecule has 1 heterocycles. The molecule has 299 valence electrons. The van der Waals surface area contributed by atoms with Gasteiger partial charge in [0.15, 0.2) is 0 Å². The van der Waals surface area contributed by atoms with Gasteiger partial charge in [0.1, 0.15) is 0 Å². The molecule has 0 bridgehead atoms. The summed E-state index contributed by atoms with van der Waals surface area (Å²) < 4.78 is 2.30. The van der Waals surface area contributed by atoms with Crippen LogP contribution in [-0.2, 0) is 21.8 Å². The fraction of sp³-hybridized carbons (Fsp3) is 0.133. The molecule has 2 aliphatic carbocycles. The fourth-order valence-electron chi connectivity index (χ4n) is 11.1. The first kappa shape index (κ1) is 39.2. The molecule has 0 spiro atoms. The maximum atomic E-state index is 2.63. The van der Waals surface area contributed by atoms with E-state index >= 15 is 0 Å². The summed E-state index contributed by atoms with van der Waals surface area (Å²) in [6, 6.07) is 63.6. The Bertz CT molecular complexity index is 3000. The van der Waals surface area contributed by atoms with Crippen LogP contribution in [0.2, 0.25) is 0 Å². The van der Waals surface area contributed by atoms with E-state index in [9.17, 15) is 0 Å². The van der Waals surface area contributed by atoms with Crippen LogP contribution in [0.1, 0.15) is 74.0 Å². The molecule has 3 aliphatic rings. The minimum atomic E-state index is -3.15. The third-order valence-electron chi connectivity index (χ3n) is 14.8. The molecular weight excluding hydrogens is 840 g/mol. The van der Waals surface area contributed by atoms with Crippen molar-refractivity contribution in [2.45, 2.75) is 48.8 Å². The van der Waals surface area contributed by atoms with Crippen molar-refractivity contribution < 1.29 is 21.8 Å². The summed E-state index contributed by atoms with van der Waals surface area (Å²) in [5.41, 5.74) is 28.2. The van der Waals surface area contributed by atoms with E-state index in [2.05, 4.69) is 217 Å². The molecule has 0 nitrogen and oxygen atoms in total. The van der Waals surface area contributed by atoms with Crippen LogP contribution in [0.3, 0.4) is 0 Å². The zero-order chi connectivity index (χ0) is 42.2. The van der Waals surface area contributed by atoms with Gasteiger partial charge in [0, 0.05) is 0 Å². The van der Waals surface area contributed by atoms with Crippen molar-refractivity contribution in [3.05, 3.63) is 231 Å². The van der Waals surface area contributed by atoms with Gasteiger partial charge in [-0.25, -0.2) is 0 Å². The van der Waals surface area contributed by atoms with E-state index in [1.807, 2.05) is 0 Å². The summed E-state index contributed by atoms with van der Waals surface area (Å²) in [5, 5.41) is 3.29. The van der Waals surface area contributed by atoms with Gasteiger partial charge in [-0.05, 0) is 0 Å². The Morgan fingerprint density at radius 3 is 1.35 bits per heavy atom. The van der Waals surface area contributed by atoms with Gasteiger partial charge in [-0.2, -0.15) is 0 Å². The second-order valence-corrected chi connectivity index (χ2v) is 26.1. The second kappa shape index (κ2) is 15.6. The molecule has 0 saturated carbocycles. The molecule has 2 heteroatoms. The van der Waals surface area contributed by atoms with Gasteiger partial charge in [-0.15, -0.1) is 0 Å². The Labute approximate surface area is 378 Å². The SMILES string of the molecule is Cc1ccc(-c2cccc3c2C=C(c2ccccc2)[CH]3[Zr]([c]2cccc3c2[SiH2]c2ccccc2-3)[CH]2C(c3ccccc3)=Cc3c(-c4ccc(C)c(C)c4C)cccc32)c(C)c1C. The molecule has 1 aliphatic heterocycles. The number of aryl methyl sites for hydroxylation is 2. The first-order chi connectivity index (χ1) is 30.3. The number of fused-ring (bicyclic) bond motifs is 5. The number of benzene rings is 8. The molecule has 2 unspecified atom stereocenters. The summed E-state index contributed by atoms with van der Waals surface area (Å²) in [6.07, 6.45) is 5.26. The summed E-state index contributed by atoms with van der Waals surface area (Å²) in [6.45, 7) is 13.7. The van der Waals surface area contributed by atoms with E-state index in [1.165, 1.54) is 111 Å². The monoisotopic (exact) mass is 889 g/mol. The van der Waals surface area contributed by atoms with Crippen molar-refractivity contribution >= 4 is 46.5 Å². The number of hydrogen-bond donors (Lipinski definition) is 0. The topological polar surface area (TPSA) is 0 Å². The number of rotatable bonds is 7. The summed E-state index contributed by atoms with van der Waals surface area (Å²) in [7, 11) is -0.713. The first-order valence-electron chi connectivity index (χ1n) is 22.3. The van der Waals surface area contributed by atoms with E-state index < -0.39 is 31.3 Å². The molecule has 0 aromatic heterocycles. The number of hydrogen-bond acceptors (Lipinski definition) is 0. The van der Waals surface area contributed by atoms with Gasteiger partial charge in [0.05, 0.1) is 0 Å². The van der Waals surface area contributed by atoms with Crippen LogP contribution in [0, 0.1) is 41.5 Å². The third kappa shape index (κ3) is 6.25. The standard InChI is InChI=1S/2C24H21.C12H9Si.Zr/c2*1-16-12-13-22(18(3)17(16)2)23-11-7-10-20-14-21(15-24(20)23)19-8-5-4-6-9-19;1-3-7-11-9(5-1)10-6-2-4-8-12(10)13-11;/h2*4-15H,1-3H3;1-7H,13H2;. The van der Waals surface area contributed by atoms with Crippen molar-refractivity contribution in [1.82, 2.24) is 0 Å². The van der Waals surface area contributed by atoms with Crippen LogP contribution < -0.4 is 13.6 Å². The zero-order valence-electron chi connectivity index (χ0n) is 36.6. The van der Waals surface area contributed by atoms with Crippen LogP contribution in [0.15, 0.2) is 164 Å². The van der Waals surface area contributed by atoms with Crippen LogP contribution in [0.25, 0.3) is 56.7 Å². The van der Waals surface area contributed by atoms with Crippen molar-refractivity contribution in [1.29, 1.82) is 0 Å². The van der Waals surface area contributed by atoms with Crippen molar-refractivity contribution in [2.75, 3.05) is 0 Å². The normalized spacial score (nSPS) is 16.1. The van der Waals surface area contributed by atoms with Gasteiger partial charge in [-0.1, -0.05) is 0 Å². The third-order valence-corrected chi connectivity index (χ3v) is 26.6. The van der Waals surface area contributed by atoms with Crippen molar-refractivity contribution in [3.63, 3.8) is 0 Å². The quantitative estimate of drug-likeness (QED) is 0.140. The Morgan fingerprint density at radius 1 is 0.371 bits per heavy atom. The minimum absolute atomic E-state index is 0.292. The van der Waals surface area contributed by atoms with E-state index in [1.54, 1.807) is 13.6 Å². The molecule has 0 N–H and O–H groups in total. The Hall–Kier alpha value is -5.66. The molecule has 8 aromatic carbocycles. The molecule has 2 atom stereocenters. The molecular formula is C60H51SiZr. The second-order valence-electron chi connectivity index (χ2n) is 17.9. The van der Waals surface area contributed by atoms with Crippen molar-refractivity contribution in [2.24, 2.45) is 0 Å². The summed E-state index contributed by atoms with van der Waals surface area (Å²) >= 11 is -3.15. The van der Waals surface area contributed by atoms with Gasteiger partial charge >= 0.3 is 381 Å². The predicted molar refractivity (Wildman–Crippen MR) is 266 cm³/mol. The van der Waals surface area contributed by atoms with Gasteiger partial charge in [0.2, 0.25) is 0 Å².